The maximum Gasteiger partial charge on any atom is 0.246 e. The predicted octanol–water partition coefficient (Wildman–Crippen LogP) is -0.963. The highest BCUT2D eigenvalue weighted by atomic mass is 16.2. The molecule has 2 atom stereocenters. The number of rotatable bonds is 1. The van der Waals surface area contributed by atoms with Gasteiger partial charge < -0.3 is 5.32 Å². The van der Waals surface area contributed by atoms with Gasteiger partial charge in [-0.2, -0.15) is 0 Å². The molecule has 1 N–H and O–H groups in total. The number of nitrogens with zero attached hydrogens (tertiary/aromatic N) is 2. The van der Waals surface area contributed by atoms with Crippen LogP contribution in [-0.4, -0.2) is 60.4 Å². The van der Waals surface area contributed by atoms with Crippen LogP contribution in [-0.2, 0) is 9.59 Å². The molecule has 5 nitrogen and oxygen atoms in total. The molecule has 2 rings (SSSR count). The third-order valence-corrected chi connectivity index (χ3v) is 3.31. The van der Waals surface area contributed by atoms with Crippen LogP contribution in [0.1, 0.15) is 13.3 Å². The van der Waals surface area contributed by atoms with Gasteiger partial charge in [-0.15, -0.1) is 0 Å². The van der Waals surface area contributed by atoms with Crippen LogP contribution < -0.4 is 5.32 Å². The summed E-state index contributed by atoms with van der Waals surface area (Å²) in [6.07, 6.45) is 0.347. The fourth-order valence-corrected chi connectivity index (χ4v) is 2.31. The third-order valence-electron chi connectivity index (χ3n) is 3.31. The van der Waals surface area contributed by atoms with Crippen LogP contribution in [0.5, 0.6) is 0 Å². The Morgan fingerprint density at radius 1 is 1.40 bits per heavy atom. The minimum Gasteiger partial charge on any atom is -0.314 e. The molecular formula is C10H17N3O2. The van der Waals surface area contributed by atoms with E-state index in [0.717, 1.165) is 19.6 Å². The Labute approximate surface area is 89.4 Å². The van der Waals surface area contributed by atoms with E-state index < -0.39 is 0 Å². The highest BCUT2D eigenvalue weighted by molar-refractivity contribution is 6.05. The molecular weight excluding hydrogens is 194 g/mol. The fourth-order valence-electron chi connectivity index (χ4n) is 2.31. The van der Waals surface area contributed by atoms with Crippen molar-refractivity contribution in [1.82, 2.24) is 15.1 Å². The molecule has 2 amide bonds. The van der Waals surface area contributed by atoms with Crippen LogP contribution >= 0.6 is 0 Å². The van der Waals surface area contributed by atoms with Gasteiger partial charge in [0, 0.05) is 32.7 Å². The summed E-state index contributed by atoms with van der Waals surface area (Å²) >= 11 is 0. The Balaban J connectivity index is 2.10. The summed E-state index contributed by atoms with van der Waals surface area (Å²) in [6, 6.07) is 0.103. The van der Waals surface area contributed by atoms with Crippen LogP contribution in [0.4, 0.5) is 0 Å². The van der Waals surface area contributed by atoms with E-state index >= 15 is 0 Å². The van der Waals surface area contributed by atoms with Crippen molar-refractivity contribution >= 4 is 11.8 Å². The second-order valence-electron chi connectivity index (χ2n) is 4.30. The molecule has 5 heteroatoms. The van der Waals surface area contributed by atoms with Gasteiger partial charge in [-0.05, 0) is 6.92 Å². The average Bonchev–Trinajstić information content (AvgIpc) is 2.47. The van der Waals surface area contributed by atoms with Crippen LogP contribution in [0.3, 0.4) is 0 Å². The van der Waals surface area contributed by atoms with Crippen molar-refractivity contribution in [3.63, 3.8) is 0 Å². The SMILES string of the molecule is C[C@@H]1CNCCN1C1CC(=O)N(C)C1=O. The second-order valence-corrected chi connectivity index (χ2v) is 4.30. The van der Waals surface area contributed by atoms with E-state index in [2.05, 4.69) is 17.1 Å². The van der Waals surface area contributed by atoms with E-state index in [0.29, 0.717) is 12.5 Å². The van der Waals surface area contributed by atoms with E-state index in [1.54, 1.807) is 7.05 Å². The zero-order valence-electron chi connectivity index (χ0n) is 9.19. The molecule has 0 saturated carbocycles. The van der Waals surface area contributed by atoms with Crippen molar-refractivity contribution in [3.8, 4) is 0 Å². The lowest BCUT2D eigenvalue weighted by molar-refractivity contribution is -0.138. The van der Waals surface area contributed by atoms with E-state index in [4.69, 9.17) is 0 Å². The molecule has 1 unspecified atom stereocenters. The van der Waals surface area contributed by atoms with Gasteiger partial charge in [-0.1, -0.05) is 0 Å². The highest BCUT2D eigenvalue weighted by Gasteiger charge is 2.41. The lowest BCUT2D eigenvalue weighted by atomic mass is 10.1. The molecule has 15 heavy (non-hydrogen) atoms. The van der Waals surface area contributed by atoms with Crippen LogP contribution in [0.15, 0.2) is 0 Å². The minimum absolute atomic E-state index is 0.0475. The van der Waals surface area contributed by atoms with Gasteiger partial charge in [0.25, 0.3) is 0 Å². The maximum absolute atomic E-state index is 11.8. The molecule has 2 saturated heterocycles. The number of imide groups is 1. The molecule has 0 radical (unpaired) electrons. The molecule has 0 aromatic rings. The van der Waals surface area contributed by atoms with Crippen LogP contribution in [0, 0.1) is 0 Å². The van der Waals surface area contributed by atoms with Crippen molar-refractivity contribution in [2.75, 3.05) is 26.7 Å². The zero-order chi connectivity index (χ0) is 11.0. The number of carbonyl (C=O) groups excluding carboxylic acids is 2. The summed E-state index contributed by atoms with van der Waals surface area (Å²) < 4.78 is 0. The molecule has 2 fully saturated rings. The number of carbonyl (C=O) groups is 2. The number of hydrogen-bond acceptors (Lipinski definition) is 4. The number of piperazine rings is 1. The first-order chi connectivity index (χ1) is 7.11. The van der Waals surface area contributed by atoms with Gasteiger partial charge in [0.05, 0.1) is 12.5 Å². The predicted molar refractivity (Wildman–Crippen MR) is 55.2 cm³/mol. The fraction of sp³-hybridized carbons (Fsp3) is 0.800. The average molecular weight is 211 g/mol. The van der Waals surface area contributed by atoms with Crippen LogP contribution in [0.2, 0.25) is 0 Å². The molecule has 2 aliphatic rings. The first-order valence-corrected chi connectivity index (χ1v) is 5.38. The monoisotopic (exact) mass is 211 g/mol. The molecule has 84 valence electrons. The summed E-state index contributed by atoms with van der Waals surface area (Å²) in [5.74, 6) is -0.107. The van der Waals surface area contributed by atoms with Crippen molar-refractivity contribution in [2.24, 2.45) is 0 Å². The zero-order valence-corrected chi connectivity index (χ0v) is 9.19. The smallest absolute Gasteiger partial charge is 0.246 e. The highest BCUT2D eigenvalue weighted by Crippen LogP contribution is 2.20. The Kier molecular flexibility index (Phi) is 2.75. The summed E-state index contributed by atoms with van der Waals surface area (Å²) in [4.78, 5) is 26.6. The molecule has 0 spiro atoms. The molecule has 2 aliphatic heterocycles. The van der Waals surface area contributed by atoms with Crippen LogP contribution in [0.25, 0.3) is 0 Å². The number of amides is 2. The summed E-state index contributed by atoms with van der Waals surface area (Å²) in [5.41, 5.74) is 0. The lowest BCUT2D eigenvalue weighted by Gasteiger charge is -2.36. The first-order valence-electron chi connectivity index (χ1n) is 5.38. The van der Waals surface area contributed by atoms with E-state index in [9.17, 15) is 9.59 Å². The van der Waals surface area contributed by atoms with E-state index in [1.165, 1.54) is 4.90 Å². The van der Waals surface area contributed by atoms with Gasteiger partial charge in [0.2, 0.25) is 11.8 Å². The molecule has 2 heterocycles. The summed E-state index contributed by atoms with van der Waals surface area (Å²) in [6.45, 7) is 4.72. The van der Waals surface area contributed by atoms with Gasteiger partial charge in [0.15, 0.2) is 0 Å². The molecule has 0 aromatic heterocycles. The normalized spacial score (nSPS) is 33.9. The number of likely N-dealkylation sites (N-methyl/N-ethyl adjacent to an activating group) is 1. The summed E-state index contributed by atoms with van der Waals surface area (Å²) in [5, 5.41) is 3.27. The van der Waals surface area contributed by atoms with Crippen molar-refractivity contribution in [1.29, 1.82) is 0 Å². The summed E-state index contributed by atoms with van der Waals surface area (Å²) in [7, 11) is 1.57. The van der Waals surface area contributed by atoms with Gasteiger partial charge >= 0.3 is 0 Å². The van der Waals surface area contributed by atoms with E-state index in [-0.39, 0.29) is 17.9 Å². The second kappa shape index (κ2) is 3.90. The maximum atomic E-state index is 11.8. The Hall–Kier alpha value is -0.940. The molecule has 0 aromatic carbocycles. The molecule has 0 bridgehead atoms. The van der Waals surface area contributed by atoms with Crippen molar-refractivity contribution < 1.29 is 9.59 Å². The Bertz CT molecular complexity index is 292. The standard InChI is InChI=1S/C10H17N3O2/c1-7-6-11-3-4-13(7)8-5-9(14)12(2)10(8)15/h7-8,11H,3-6H2,1-2H3/t7-,8?/m1/s1. The number of likely N-dealkylation sites (tertiary alicyclic amines) is 1. The van der Waals surface area contributed by atoms with Gasteiger partial charge in [-0.25, -0.2) is 0 Å². The van der Waals surface area contributed by atoms with Crippen molar-refractivity contribution in [3.05, 3.63) is 0 Å². The van der Waals surface area contributed by atoms with Crippen molar-refractivity contribution in [2.45, 2.75) is 25.4 Å². The van der Waals surface area contributed by atoms with E-state index in [1.807, 2.05) is 0 Å². The topological polar surface area (TPSA) is 52.7 Å². The van der Waals surface area contributed by atoms with Gasteiger partial charge in [0.1, 0.15) is 0 Å². The number of hydrogen-bond donors (Lipinski definition) is 1. The quantitative estimate of drug-likeness (QED) is 0.567. The Morgan fingerprint density at radius 2 is 2.13 bits per heavy atom. The largest absolute Gasteiger partial charge is 0.314 e. The third kappa shape index (κ3) is 1.77. The molecule has 0 aliphatic carbocycles. The minimum atomic E-state index is -0.223. The van der Waals surface area contributed by atoms with Gasteiger partial charge in [-0.3, -0.25) is 19.4 Å². The number of nitrogens with one attached hydrogen (secondary N) is 1. The Morgan fingerprint density at radius 3 is 2.67 bits per heavy atom. The first kappa shape index (κ1) is 10.6. The lowest BCUT2D eigenvalue weighted by Crippen LogP contribution is -2.55.